The first-order valence-corrected chi connectivity index (χ1v) is 6.95. The second-order valence-electron chi connectivity index (χ2n) is 5.86. The van der Waals surface area contributed by atoms with Crippen LogP contribution in [-0.2, 0) is 9.59 Å². The Labute approximate surface area is 131 Å². The highest BCUT2D eigenvalue weighted by molar-refractivity contribution is 6.27. The molecule has 0 spiro atoms. The van der Waals surface area contributed by atoms with Crippen LogP contribution < -0.4 is 10.1 Å². The Morgan fingerprint density at radius 2 is 1.55 bits per heavy atom. The largest absolute Gasteiger partial charge is 0.492 e. The van der Waals surface area contributed by atoms with Gasteiger partial charge in [-0.2, -0.15) is 0 Å². The van der Waals surface area contributed by atoms with Crippen molar-refractivity contribution < 1.29 is 24.5 Å². The number of ether oxygens (including phenoxy) is 1. The Morgan fingerprint density at radius 3 is 1.91 bits per heavy atom. The van der Waals surface area contributed by atoms with Gasteiger partial charge in [0, 0.05) is 12.1 Å². The van der Waals surface area contributed by atoms with Crippen LogP contribution in [0.4, 0.5) is 0 Å². The highest BCUT2D eigenvalue weighted by Gasteiger charge is 2.08. The van der Waals surface area contributed by atoms with Crippen molar-refractivity contribution in [3.63, 3.8) is 0 Å². The monoisotopic (exact) mass is 311 g/mol. The van der Waals surface area contributed by atoms with E-state index in [1.54, 1.807) is 0 Å². The number of para-hydroxylation sites is 1. The Kier molecular flexibility index (Phi) is 8.19. The first-order valence-electron chi connectivity index (χ1n) is 6.95. The van der Waals surface area contributed by atoms with Gasteiger partial charge in [0.15, 0.2) is 0 Å². The molecule has 22 heavy (non-hydrogen) atoms. The van der Waals surface area contributed by atoms with Gasteiger partial charge in [0.2, 0.25) is 0 Å². The van der Waals surface area contributed by atoms with Crippen LogP contribution in [0.1, 0.15) is 31.9 Å². The molecule has 124 valence electrons. The van der Waals surface area contributed by atoms with E-state index in [2.05, 4.69) is 58.1 Å². The molecule has 1 rings (SSSR count). The molecule has 0 amide bonds. The maximum Gasteiger partial charge on any atom is 0.414 e. The fourth-order valence-electron chi connectivity index (χ4n) is 1.61. The summed E-state index contributed by atoms with van der Waals surface area (Å²) in [6.45, 7) is 12.2. The lowest BCUT2D eigenvalue weighted by Crippen LogP contribution is -2.38. The van der Waals surface area contributed by atoms with Gasteiger partial charge < -0.3 is 20.3 Å². The summed E-state index contributed by atoms with van der Waals surface area (Å²) in [5.74, 6) is -2.62. The van der Waals surface area contributed by atoms with Crippen LogP contribution in [0.5, 0.6) is 5.75 Å². The number of carboxylic acids is 2. The summed E-state index contributed by atoms with van der Waals surface area (Å²) in [4.78, 5) is 18.2. The van der Waals surface area contributed by atoms with E-state index in [0.29, 0.717) is 6.61 Å². The van der Waals surface area contributed by atoms with E-state index in [4.69, 9.17) is 24.5 Å². The molecule has 1 aromatic carbocycles. The number of aliphatic carboxylic acids is 2. The van der Waals surface area contributed by atoms with Crippen LogP contribution >= 0.6 is 0 Å². The quantitative estimate of drug-likeness (QED) is 0.583. The molecule has 0 fully saturated rings. The molecule has 0 aliphatic carbocycles. The Hall–Kier alpha value is -2.08. The van der Waals surface area contributed by atoms with E-state index >= 15 is 0 Å². The van der Waals surface area contributed by atoms with Crippen LogP contribution in [0.25, 0.3) is 0 Å². The van der Waals surface area contributed by atoms with E-state index in [-0.39, 0.29) is 5.54 Å². The third-order valence-electron chi connectivity index (χ3n) is 2.60. The third-order valence-corrected chi connectivity index (χ3v) is 2.60. The number of hydrogen-bond donors (Lipinski definition) is 3. The topological polar surface area (TPSA) is 95.9 Å². The van der Waals surface area contributed by atoms with E-state index in [1.165, 1.54) is 11.1 Å². The lowest BCUT2D eigenvalue weighted by Gasteiger charge is -2.21. The van der Waals surface area contributed by atoms with Gasteiger partial charge in [0.05, 0.1) is 0 Å². The maximum absolute atomic E-state index is 9.10. The molecule has 0 atom stereocenters. The fraction of sp³-hybridized carbons (Fsp3) is 0.500. The molecule has 0 saturated carbocycles. The number of rotatable bonds is 4. The van der Waals surface area contributed by atoms with Gasteiger partial charge >= 0.3 is 11.9 Å². The van der Waals surface area contributed by atoms with Crippen molar-refractivity contribution in [2.75, 3.05) is 13.2 Å². The summed E-state index contributed by atoms with van der Waals surface area (Å²) in [6.07, 6.45) is 0. The number of carboxylic acid groups (broad SMARTS) is 2. The predicted octanol–water partition coefficient (Wildman–Crippen LogP) is 2.23. The second-order valence-corrected chi connectivity index (χ2v) is 5.86. The molecule has 0 aliphatic heterocycles. The molecule has 6 nitrogen and oxygen atoms in total. The van der Waals surface area contributed by atoms with Gasteiger partial charge in [0.25, 0.3) is 0 Å². The second kappa shape index (κ2) is 9.04. The Balaban J connectivity index is 0.000000626. The summed E-state index contributed by atoms with van der Waals surface area (Å²) in [5, 5.41) is 18.2. The molecular formula is C16H25NO5. The van der Waals surface area contributed by atoms with Gasteiger partial charge in [-0.1, -0.05) is 18.2 Å². The van der Waals surface area contributed by atoms with E-state index in [0.717, 1.165) is 12.3 Å². The number of nitrogens with one attached hydrogen (secondary N) is 1. The molecule has 0 radical (unpaired) electrons. The fourth-order valence-corrected chi connectivity index (χ4v) is 1.61. The van der Waals surface area contributed by atoms with Crippen LogP contribution in [0.3, 0.4) is 0 Å². The average Bonchev–Trinajstić information content (AvgIpc) is 2.36. The van der Waals surface area contributed by atoms with Crippen molar-refractivity contribution in [2.24, 2.45) is 0 Å². The van der Waals surface area contributed by atoms with Crippen molar-refractivity contribution in [3.8, 4) is 5.75 Å². The van der Waals surface area contributed by atoms with Gasteiger partial charge in [-0.3, -0.25) is 0 Å². The summed E-state index contributed by atoms with van der Waals surface area (Å²) in [6, 6.07) is 6.23. The van der Waals surface area contributed by atoms with Crippen molar-refractivity contribution in [3.05, 3.63) is 29.3 Å². The molecule has 0 bridgehead atoms. The third kappa shape index (κ3) is 8.97. The minimum Gasteiger partial charge on any atom is -0.492 e. The Bertz CT molecular complexity index is 473. The zero-order chi connectivity index (χ0) is 17.3. The van der Waals surface area contributed by atoms with Gasteiger partial charge in [-0.05, 0) is 45.7 Å². The van der Waals surface area contributed by atoms with Crippen LogP contribution in [0.15, 0.2) is 18.2 Å². The molecule has 3 N–H and O–H groups in total. The number of hydrogen-bond acceptors (Lipinski definition) is 4. The van der Waals surface area contributed by atoms with Crippen LogP contribution in [0, 0.1) is 13.8 Å². The smallest absolute Gasteiger partial charge is 0.414 e. The predicted molar refractivity (Wildman–Crippen MR) is 84.4 cm³/mol. The molecule has 0 heterocycles. The van der Waals surface area contributed by atoms with Gasteiger partial charge in [-0.15, -0.1) is 0 Å². The average molecular weight is 311 g/mol. The molecule has 6 heteroatoms. The molecule has 0 aromatic heterocycles. The van der Waals surface area contributed by atoms with E-state index in [1.807, 2.05) is 0 Å². The molecule has 0 aliphatic rings. The minimum atomic E-state index is -1.82. The van der Waals surface area contributed by atoms with Gasteiger partial charge in [-0.25, -0.2) is 9.59 Å². The highest BCUT2D eigenvalue weighted by Crippen LogP contribution is 2.21. The number of carbonyl (C=O) groups is 2. The standard InChI is InChI=1S/C14H23NO.C2H2O4/c1-11-7-6-8-12(2)13(11)16-10-9-15-14(3,4)5;3-1(4)2(5)6/h6-8,15H,9-10H2,1-5H3;(H,3,4)(H,5,6). The lowest BCUT2D eigenvalue weighted by atomic mass is 10.1. The van der Waals surface area contributed by atoms with Crippen molar-refractivity contribution in [2.45, 2.75) is 40.2 Å². The molecular weight excluding hydrogens is 286 g/mol. The number of aryl methyl sites for hydroxylation is 2. The molecule has 0 saturated heterocycles. The summed E-state index contributed by atoms with van der Waals surface area (Å²) < 4.78 is 5.80. The van der Waals surface area contributed by atoms with E-state index in [9.17, 15) is 0 Å². The zero-order valence-electron chi connectivity index (χ0n) is 13.8. The summed E-state index contributed by atoms with van der Waals surface area (Å²) in [7, 11) is 0. The van der Waals surface area contributed by atoms with Crippen LogP contribution in [0.2, 0.25) is 0 Å². The summed E-state index contributed by atoms with van der Waals surface area (Å²) >= 11 is 0. The van der Waals surface area contributed by atoms with Crippen LogP contribution in [-0.4, -0.2) is 40.8 Å². The zero-order valence-corrected chi connectivity index (χ0v) is 13.8. The normalized spacial score (nSPS) is 10.4. The molecule has 0 unspecified atom stereocenters. The summed E-state index contributed by atoms with van der Waals surface area (Å²) in [5.41, 5.74) is 2.57. The molecule has 1 aromatic rings. The van der Waals surface area contributed by atoms with Crippen molar-refractivity contribution in [1.29, 1.82) is 0 Å². The first kappa shape index (κ1) is 19.9. The van der Waals surface area contributed by atoms with E-state index < -0.39 is 11.9 Å². The lowest BCUT2D eigenvalue weighted by molar-refractivity contribution is -0.159. The van der Waals surface area contributed by atoms with Crippen molar-refractivity contribution >= 4 is 11.9 Å². The number of benzene rings is 1. The first-order chi connectivity index (χ1) is 10.0. The van der Waals surface area contributed by atoms with Crippen molar-refractivity contribution in [1.82, 2.24) is 5.32 Å². The maximum atomic E-state index is 9.10. The minimum absolute atomic E-state index is 0.157. The SMILES string of the molecule is Cc1cccc(C)c1OCCNC(C)(C)C.O=C(O)C(=O)O. The highest BCUT2D eigenvalue weighted by atomic mass is 16.5. The van der Waals surface area contributed by atoms with Gasteiger partial charge in [0.1, 0.15) is 12.4 Å². The Morgan fingerprint density at radius 1 is 1.09 bits per heavy atom.